The molecule has 0 amide bonds. The van der Waals surface area contributed by atoms with E-state index in [4.69, 9.17) is 14.2 Å². The number of hydrogen-bond acceptors (Lipinski definition) is 5. The van der Waals surface area contributed by atoms with Crippen LogP contribution in [-0.4, -0.2) is 47.7 Å². The topological polar surface area (TPSA) is 68.2 Å². The molecule has 0 aromatic rings. The van der Waals surface area contributed by atoms with E-state index in [1.54, 1.807) is 0 Å². The second-order valence-electron chi connectivity index (χ2n) is 9.29. The van der Waals surface area contributed by atoms with Crippen LogP contribution in [0.3, 0.4) is 0 Å². The molecule has 1 saturated carbocycles. The summed E-state index contributed by atoms with van der Waals surface area (Å²) in [5.74, 6) is 1.23. The SMILES string of the molecule is CCC(CC)COC(O)[C@@]1(C)C[C@H]1CC[C@@H](C)O[C@@H]1O[C@@H](C)[C@H](O)C[C@H]1C. The first kappa shape index (κ1) is 23.1. The van der Waals surface area contributed by atoms with Gasteiger partial charge in [-0.15, -0.1) is 0 Å². The lowest BCUT2D eigenvalue weighted by Crippen LogP contribution is -2.44. The lowest BCUT2D eigenvalue weighted by Gasteiger charge is -2.37. The summed E-state index contributed by atoms with van der Waals surface area (Å²) in [7, 11) is 0. The summed E-state index contributed by atoms with van der Waals surface area (Å²) < 4.78 is 17.7. The second-order valence-corrected chi connectivity index (χ2v) is 9.29. The highest BCUT2D eigenvalue weighted by Gasteiger charge is 2.55. The van der Waals surface area contributed by atoms with E-state index < -0.39 is 12.4 Å². The third-order valence-corrected chi connectivity index (χ3v) is 6.92. The van der Waals surface area contributed by atoms with E-state index in [0.29, 0.717) is 18.4 Å². The van der Waals surface area contributed by atoms with Gasteiger partial charge in [0, 0.05) is 11.3 Å². The van der Waals surface area contributed by atoms with Crippen LogP contribution in [-0.2, 0) is 14.2 Å². The summed E-state index contributed by atoms with van der Waals surface area (Å²) in [6.45, 7) is 13.2. The maximum Gasteiger partial charge on any atom is 0.161 e. The Morgan fingerprint density at radius 1 is 1.22 bits per heavy atom. The van der Waals surface area contributed by atoms with Crippen molar-refractivity contribution in [3.63, 3.8) is 0 Å². The Kier molecular flexibility index (Phi) is 8.56. The van der Waals surface area contributed by atoms with Crippen LogP contribution in [0.15, 0.2) is 0 Å². The Bertz CT molecular complexity index is 440. The van der Waals surface area contributed by atoms with Gasteiger partial charge in [0.15, 0.2) is 12.6 Å². The van der Waals surface area contributed by atoms with E-state index in [9.17, 15) is 10.2 Å². The van der Waals surface area contributed by atoms with Gasteiger partial charge in [-0.3, -0.25) is 0 Å². The first-order valence-corrected chi connectivity index (χ1v) is 11.0. The van der Waals surface area contributed by atoms with Crippen molar-refractivity contribution in [3.05, 3.63) is 0 Å². The molecule has 0 radical (unpaired) electrons. The van der Waals surface area contributed by atoms with Crippen LogP contribution in [0, 0.1) is 23.2 Å². The molecule has 27 heavy (non-hydrogen) atoms. The zero-order valence-corrected chi connectivity index (χ0v) is 18.2. The van der Waals surface area contributed by atoms with Crippen molar-refractivity contribution in [1.29, 1.82) is 0 Å². The van der Waals surface area contributed by atoms with Crippen LogP contribution in [0.4, 0.5) is 0 Å². The molecule has 2 N–H and O–H groups in total. The number of rotatable bonds is 11. The Hall–Kier alpha value is -0.200. The smallest absolute Gasteiger partial charge is 0.161 e. The van der Waals surface area contributed by atoms with E-state index >= 15 is 0 Å². The zero-order valence-electron chi connectivity index (χ0n) is 18.2. The van der Waals surface area contributed by atoms with Gasteiger partial charge in [0.25, 0.3) is 0 Å². The molecule has 160 valence electrons. The Balaban J connectivity index is 1.69. The standard InChI is InChI=1S/C22H42O5/c1-7-17(8-2)13-25-21(24)22(6)12-18(22)10-9-15(4)26-20-14(3)11-19(23)16(5)27-20/h14-21,23-24H,7-13H2,1-6H3/t14-,15-,16+,18-,19-,20-,21?,22+/m1/s1. The van der Waals surface area contributed by atoms with Crippen molar-refractivity contribution < 1.29 is 24.4 Å². The predicted molar refractivity (Wildman–Crippen MR) is 106 cm³/mol. The molecule has 8 atom stereocenters. The van der Waals surface area contributed by atoms with E-state index in [-0.39, 0.29) is 29.8 Å². The molecule has 0 aromatic heterocycles. The molecule has 1 unspecified atom stereocenters. The van der Waals surface area contributed by atoms with Crippen LogP contribution < -0.4 is 0 Å². The highest BCUT2D eigenvalue weighted by molar-refractivity contribution is 5.01. The van der Waals surface area contributed by atoms with Gasteiger partial charge in [-0.05, 0) is 51.4 Å². The first-order valence-electron chi connectivity index (χ1n) is 11.0. The number of hydrogen-bond donors (Lipinski definition) is 2. The van der Waals surface area contributed by atoms with Gasteiger partial charge in [-0.25, -0.2) is 0 Å². The predicted octanol–water partition coefficient (Wildman–Crippen LogP) is 4.10. The maximum atomic E-state index is 10.5. The van der Waals surface area contributed by atoms with Gasteiger partial charge in [-0.1, -0.05) is 40.5 Å². The van der Waals surface area contributed by atoms with E-state index in [1.165, 1.54) is 0 Å². The summed E-state index contributed by atoms with van der Waals surface area (Å²) in [6, 6.07) is 0. The monoisotopic (exact) mass is 386 g/mol. The highest BCUT2D eigenvalue weighted by Crippen LogP contribution is 2.57. The van der Waals surface area contributed by atoms with E-state index in [1.807, 2.05) is 6.92 Å². The molecular formula is C22H42O5. The van der Waals surface area contributed by atoms with Crippen molar-refractivity contribution >= 4 is 0 Å². The van der Waals surface area contributed by atoms with Crippen molar-refractivity contribution in [2.24, 2.45) is 23.2 Å². The van der Waals surface area contributed by atoms with E-state index in [2.05, 4.69) is 34.6 Å². The second kappa shape index (κ2) is 10.0. The molecule has 0 aromatic carbocycles. The molecular weight excluding hydrogens is 344 g/mol. The lowest BCUT2D eigenvalue weighted by molar-refractivity contribution is -0.255. The average molecular weight is 387 g/mol. The van der Waals surface area contributed by atoms with Gasteiger partial charge in [0.2, 0.25) is 0 Å². The van der Waals surface area contributed by atoms with Crippen molar-refractivity contribution in [2.45, 2.75) is 111 Å². The molecule has 0 spiro atoms. The molecule has 1 heterocycles. The van der Waals surface area contributed by atoms with Crippen LogP contribution in [0.1, 0.15) is 80.1 Å². The van der Waals surface area contributed by atoms with Crippen molar-refractivity contribution in [2.75, 3.05) is 6.61 Å². The molecule has 0 bridgehead atoms. The van der Waals surface area contributed by atoms with Gasteiger partial charge >= 0.3 is 0 Å². The molecule has 1 aliphatic heterocycles. The fourth-order valence-corrected chi connectivity index (χ4v) is 4.17. The van der Waals surface area contributed by atoms with E-state index in [0.717, 1.165) is 38.5 Å². The zero-order chi connectivity index (χ0) is 20.2. The molecule has 1 saturated heterocycles. The van der Waals surface area contributed by atoms with Crippen LogP contribution >= 0.6 is 0 Å². The van der Waals surface area contributed by atoms with Crippen LogP contribution in [0.5, 0.6) is 0 Å². The Labute approximate surface area is 165 Å². The molecule has 2 aliphatic rings. The normalized spacial score (nSPS) is 38.8. The summed E-state index contributed by atoms with van der Waals surface area (Å²) in [6.07, 6.45) is 4.53. The fourth-order valence-electron chi connectivity index (χ4n) is 4.17. The summed E-state index contributed by atoms with van der Waals surface area (Å²) in [4.78, 5) is 0. The Morgan fingerprint density at radius 3 is 2.52 bits per heavy atom. The lowest BCUT2D eigenvalue weighted by atomic mass is 9.96. The van der Waals surface area contributed by atoms with Gasteiger partial charge in [0.05, 0.1) is 24.9 Å². The van der Waals surface area contributed by atoms with Gasteiger partial charge in [0.1, 0.15) is 0 Å². The average Bonchev–Trinajstić information content (AvgIpc) is 3.30. The highest BCUT2D eigenvalue weighted by atomic mass is 16.7. The number of aliphatic hydroxyl groups excluding tert-OH is 2. The van der Waals surface area contributed by atoms with Gasteiger partial charge in [-0.2, -0.15) is 0 Å². The summed E-state index contributed by atoms with van der Waals surface area (Å²) in [5.41, 5.74) is -0.112. The minimum Gasteiger partial charge on any atom is -0.390 e. The number of ether oxygens (including phenoxy) is 3. The van der Waals surface area contributed by atoms with Crippen molar-refractivity contribution in [3.8, 4) is 0 Å². The van der Waals surface area contributed by atoms with Crippen LogP contribution in [0.2, 0.25) is 0 Å². The minimum absolute atomic E-state index is 0.104. The van der Waals surface area contributed by atoms with Crippen molar-refractivity contribution in [1.82, 2.24) is 0 Å². The number of aliphatic hydroxyl groups is 2. The third-order valence-electron chi connectivity index (χ3n) is 6.92. The minimum atomic E-state index is -0.664. The molecule has 5 nitrogen and oxygen atoms in total. The molecule has 2 rings (SSSR count). The largest absolute Gasteiger partial charge is 0.390 e. The first-order chi connectivity index (χ1) is 12.7. The Morgan fingerprint density at radius 2 is 1.89 bits per heavy atom. The third kappa shape index (κ3) is 6.14. The molecule has 1 aliphatic carbocycles. The fraction of sp³-hybridized carbons (Fsp3) is 1.00. The quantitative estimate of drug-likeness (QED) is 0.523. The molecule has 2 fully saturated rings. The molecule has 5 heteroatoms. The van der Waals surface area contributed by atoms with Gasteiger partial charge < -0.3 is 24.4 Å². The summed E-state index contributed by atoms with van der Waals surface area (Å²) >= 11 is 0. The summed E-state index contributed by atoms with van der Waals surface area (Å²) in [5, 5.41) is 20.4. The maximum absolute atomic E-state index is 10.5. The van der Waals surface area contributed by atoms with Crippen LogP contribution in [0.25, 0.3) is 0 Å².